The molecule has 0 aliphatic rings. The molecule has 3 rings (SSSR count). The molecule has 3 aromatic rings. The van der Waals surface area contributed by atoms with Gasteiger partial charge in [-0.1, -0.05) is 12.1 Å². The van der Waals surface area contributed by atoms with Crippen LogP contribution in [0.4, 0.5) is 5.69 Å². The number of esters is 1. The molecule has 152 valence electrons. The van der Waals surface area contributed by atoms with E-state index >= 15 is 0 Å². The van der Waals surface area contributed by atoms with Gasteiger partial charge in [0.15, 0.2) is 11.5 Å². The number of nitrogens with zero attached hydrogens (tertiary/aromatic N) is 1. The molecule has 0 saturated heterocycles. The van der Waals surface area contributed by atoms with Crippen molar-refractivity contribution in [1.29, 1.82) is 0 Å². The zero-order chi connectivity index (χ0) is 21.3. The number of aromatic hydroxyl groups is 1. The zero-order valence-corrected chi connectivity index (χ0v) is 16.6. The first-order chi connectivity index (χ1) is 14.6. The van der Waals surface area contributed by atoms with Crippen LogP contribution < -0.4 is 14.2 Å². The molecule has 0 saturated carbocycles. The number of hydrogen-bond donors (Lipinski definition) is 1. The number of carbonyl (C=O) groups excluding carboxylic acids is 1. The summed E-state index contributed by atoms with van der Waals surface area (Å²) < 4.78 is 15.8. The first kappa shape index (κ1) is 20.7. The van der Waals surface area contributed by atoms with E-state index in [9.17, 15) is 9.90 Å². The molecule has 0 amide bonds. The van der Waals surface area contributed by atoms with Crippen LogP contribution in [-0.2, 0) is 4.79 Å². The van der Waals surface area contributed by atoms with Crippen molar-refractivity contribution in [2.75, 3.05) is 14.2 Å². The molecule has 0 atom stereocenters. The third-order valence-electron chi connectivity index (χ3n) is 4.14. The number of methoxy groups -OCH3 is 2. The van der Waals surface area contributed by atoms with E-state index in [1.54, 1.807) is 61.9 Å². The smallest absolute Gasteiger partial charge is 0.336 e. The first-order valence-corrected chi connectivity index (χ1v) is 9.12. The second-order valence-corrected chi connectivity index (χ2v) is 6.21. The highest BCUT2D eigenvalue weighted by Crippen LogP contribution is 2.28. The fraction of sp³-hybridized carbons (Fsp3) is 0.0833. The van der Waals surface area contributed by atoms with Gasteiger partial charge in [-0.05, 0) is 71.8 Å². The molecule has 6 heteroatoms. The minimum absolute atomic E-state index is 0.183. The molecule has 0 aromatic heterocycles. The predicted octanol–water partition coefficient (Wildman–Crippen LogP) is 4.78. The Morgan fingerprint density at radius 3 is 2.23 bits per heavy atom. The Morgan fingerprint density at radius 2 is 1.57 bits per heavy atom. The lowest BCUT2D eigenvalue weighted by atomic mass is 10.2. The fourth-order valence-electron chi connectivity index (χ4n) is 2.56. The van der Waals surface area contributed by atoms with Crippen LogP contribution in [0.1, 0.15) is 11.1 Å². The highest BCUT2D eigenvalue weighted by atomic mass is 16.6. The molecule has 0 radical (unpaired) electrons. The van der Waals surface area contributed by atoms with E-state index < -0.39 is 5.97 Å². The van der Waals surface area contributed by atoms with Crippen LogP contribution in [0.25, 0.3) is 6.08 Å². The van der Waals surface area contributed by atoms with Gasteiger partial charge in [-0.2, -0.15) is 0 Å². The Kier molecular flexibility index (Phi) is 6.84. The molecular formula is C24H21NO5. The molecule has 6 nitrogen and oxygen atoms in total. The third kappa shape index (κ3) is 5.72. The molecule has 0 fully saturated rings. The van der Waals surface area contributed by atoms with E-state index in [1.165, 1.54) is 13.2 Å². The van der Waals surface area contributed by atoms with Crippen molar-refractivity contribution in [3.05, 3.63) is 83.9 Å². The van der Waals surface area contributed by atoms with Crippen molar-refractivity contribution in [2.24, 2.45) is 4.99 Å². The Labute approximate surface area is 174 Å². The van der Waals surface area contributed by atoms with Gasteiger partial charge in [0.25, 0.3) is 0 Å². The highest BCUT2D eigenvalue weighted by Gasteiger charge is 2.08. The number of aliphatic imine (C=N–C) groups is 1. The summed E-state index contributed by atoms with van der Waals surface area (Å²) in [5.74, 6) is 1.13. The molecule has 0 aliphatic heterocycles. The summed E-state index contributed by atoms with van der Waals surface area (Å²) >= 11 is 0. The number of rotatable bonds is 7. The number of hydrogen-bond acceptors (Lipinski definition) is 6. The minimum Gasteiger partial charge on any atom is -0.508 e. The van der Waals surface area contributed by atoms with Gasteiger partial charge in [-0.25, -0.2) is 4.79 Å². The molecule has 3 aromatic carbocycles. The second-order valence-electron chi connectivity index (χ2n) is 6.21. The normalized spacial score (nSPS) is 11.0. The maximum Gasteiger partial charge on any atom is 0.336 e. The standard InChI is InChI=1S/C24H21NO5/c1-28-21-11-3-17(4-12-21)6-14-24(27)30-22-13-5-18(15-23(22)29-2)16-25-19-7-9-20(26)10-8-19/h3-16,26H,1-2H3/b14-6+,25-16+. The van der Waals surface area contributed by atoms with Crippen LogP contribution in [0.2, 0.25) is 0 Å². The molecule has 1 N–H and O–H groups in total. The van der Waals surface area contributed by atoms with Gasteiger partial charge in [0.2, 0.25) is 0 Å². The molecular weight excluding hydrogens is 382 g/mol. The van der Waals surface area contributed by atoms with E-state index in [1.807, 2.05) is 24.3 Å². The largest absolute Gasteiger partial charge is 0.508 e. The van der Waals surface area contributed by atoms with Gasteiger partial charge in [0.05, 0.1) is 19.9 Å². The lowest BCUT2D eigenvalue weighted by Gasteiger charge is -2.08. The summed E-state index contributed by atoms with van der Waals surface area (Å²) in [5, 5.41) is 9.32. The molecule has 0 spiro atoms. The van der Waals surface area contributed by atoms with Gasteiger partial charge in [0.1, 0.15) is 11.5 Å². The Hall–Kier alpha value is -4.06. The van der Waals surface area contributed by atoms with Crippen LogP contribution in [0.15, 0.2) is 77.8 Å². The van der Waals surface area contributed by atoms with Gasteiger partial charge in [-0.3, -0.25) is 4.99 Å². The van der Waals surface area contributed by atoms with Gasteiger partial charge >= 0.3 is 5.97 Å². The third-order valence-corrected chi connectivity index (χ3v) is 4.14. The van der Waals surface area contributed by atoms with Gasteiger partial charge < -0.3 is 19.3 Å². The topological polar surface area (TPSA) is 77.4 Å². The molecule has 0 aliphatic carbocycles. The highest BCUT2D eigenvalue weighted by molar-refractivity contribution is 5.89. The Balaban J connectivity index is 1.67. The van der Waals surface area contributed by atoms with Crippen LogP contribution in [0.5, 0.6) is 23.0 Å². The zero-order valence-electron chi connectivity index (χ0n) is 16.6. The first-order valence-electron chi connectivity index (χ1n) is 9.12. The van der Waals surface area contributed by atoms with Crippen molar-refractivity contribution in [3.8, 4) is 23.0 Å². The van der Waals surface area contributed by atoms with E-state index in [-0.39, 0.29) is 5.75 Å². The van der Waals surface area contributed by atoms with E-state index in [0.717, 1.165) is 16.9 Å². The van der Waals surface area contributed by atoms with Crippen LogP contribution >= 0.6 is 0 Å². The van der Waals surface area contributed by atoms with Crippen molar-refractivity contribution in [2.45, 2.75) is 0 Å². The monoisotopic (exact) mass is 403 g/mol. The Morgan fingerprint density at radius 1 is 0.867 bits per heavy atom. The Bertz CT molecular complexity index is 1050. The van der Waals surface area contributed by atoms with E-state index in [2.05, 4.69) is 4.99 Å². The minimum atomic E-state index is -0.519. The van der Waals surface area contributed by atoms with Gasteiger partial charge in [-0.15, -0.1) is 0 Å². The number of phenols is 1. The summed E-state index contributed by atoms with van der Waals surface area (Å²) in [6, 6.07) is 19.0. The quantitative estimate of drug-likeness (QED) is 0.266. The number of carbonyl (C=O) groups is 1. The SMILES string of the molecule is COc1ccc(/C=C/C(=O)Oc2ccc(/C=N/c3ccc(O)cc3)cc2OC)cc1. The van der Waals surface area contributed by atoms with Crippen molar-refractivity contribution >= 4 is 23.9 Å². The van der Waals surface area contributed by atoms with E-state index in [4.69, 9.17) is 14.2 Å². The summed E-state index contributed by atoms with van der Waals surface area (Å²) in [6.07, 6.45) is 4.67. The maximum atomic E-state index is 12.2. The van der Waals surface area contributed by atoms with Crippen LogP contribution in [0, 0.1) is 0 Å². The average molecular weight is 403 g/mol. The molecule has 0 heterocycles. The lowest BCUT2D eigenvalue weighted by Crippen LogP contribution is -2.05. The maximum absolute atomic E-state index is 12.2. The summed E-state index contributed by atoms with van der Waals surface area (Å²) in [4.78, 5) is 16.5. The fourth-order valence-corrected chi connectivity index (χ4v) is 2.56. The second kappa shape index (κ2) is 9.93. The summed E-state index contributed by atoms with van der Waals surface area (Å²) in [7, 11) is 3.10. The van der Waals surface area contributed by atoms with Crippen LogP contribution in [-0.4, -0.2) is 31.5 Å². The van der Waals surface area contributed by atoms with Crippen LogP contribution in [0.3, 0.4) is 0 Å². The molecule has 0 unspecified atom stereocenters. The summed E-state index contributed by atoms with van der Waals surface area (Å²) in [6.45, 7) is 0. The molecule has 0 bridgehead atoms. The number of phenolic OH excluding ortho intramolecular Hbond substituents is 1. The average Bonchev–Trinajstić information content (AvgIpc) is 2.78. The van der Waals surface area contributed by atoms with E-state index in [0.29, 0.717) is 17.2 Å². The van der Waals surface area contributed by atoms with Crippen molar-refractivity contribution < 1.29 is 24.1 Å². The van der Waals surface area contributed by atoms with Gasteiger partial charge in [0, 0.05) is 12.3 Å². The van der Waals surface area contributed by atoms with Crippen molar-refractivity contribution in [3.63, 3.8) is 0 Å². The lowest BCUT2D eigenvalue weighted by molar-refractivity contribution is -0.129. The predicted molar refractivity (Wildman–Crippen MR) is 116 cm³/mol. The number of ether oxygens (including phenoxy) is 3. The molecule has 30 heavy (non-hydrogen) atoms. The van der Waals surface area contributed by atoms with Crippen molar-refractivity contribution in [1.82, 2.24) is 0 Å². The summed E-state index contributed by atoms with van der Waals surface area (Å²) in [5.41, 5.74) is 2.32. The number of benzene rings is 3.